The van der Waals surface area contributed by atoms with Crippen molar-refractivity contribution in [1.29, 1.82) is 0 Å². The van der Waals surface area contributed by atoms with Crippen LogP contribution in [-0.4, -0.2) is 60.8 Å². The van der Waals surface area contributed by atoms with Crippen LogP contribution in [0.2, 0.25) is 0 Å². The summed E-state index contributed by atoms with van der Waals surface area (Å²) >= 11 is 0. The first-order chi connectivity index (χ1) is 11.2. The van der Waals surface area contributed by atoms with Gasteiger partial charge in [0.15, 0.2) is 0 Å². The summed E-state index contributed by atoms with van der Waals surface area (Å²) in [5.41, 5.74) is 12.1. The van der Waals surface area contributed by atoms with Crippen LogP contribution in [0.25, 0.3) is 0 Å². The zero-order valence-corrected chi connectivity index (χ0v) is 14.7. The number of piperazine rings is 1. The number of nitrogens with two attached hydrogens (primary N) is 2. The topological polar surface area (TPSA) is 94.0 Å². The standard InChI is InChI=1S/C17H28N4O3/c1-17(2,3)24-16(22)21-8-6-20(7-9-21)10-11-23-13-4-5-14(18)15(19)12-13/h4-5,12H,6-11,18-19H2,1-3H3. The molecule has 0 saturated carbocycles. The fourth-order valence-corrected chi connectivity index (χ4v) is 2.42. The molecule has 0 spiro atoms. The molecule has 2 rings (SSSR count). The van der Waals surface area contributed by atoms with Gasteiger partial charge < -0.3 is 25.8 Å². The van der Waals surface area contributed by atoms with E-state index in [1.54, 1.807) is 17.0 Å². The molecule has 0 bridgehead atoms. The zero-order valence-electron chi connectivity index (χ0n) is 14.7. The number of nitrogens with zero attached hydrogens (tertiary/aromatic N) is 2. The molecule has 1 heterocycles. The van der Waals surface area contributed by atoms with Gasteiger partial charge in [0.05, 0.1) is 11.4 Å². The number of carbonyl (C=O) groups is 1. The Bertz CT molecular complexity index is 563. The largest absolute Gasteiger partial charge is 0.492 e. The molecule has 0 aromatic heterocycles. The number of amides is 1. The number of hydrogen-bond donors (Lipinski definition) is 2. The van der Waals surface area contributed by atoms with E-state index < -0.39 is 5.60 Å². The third-order valence-electron chi connectivity index (χ3n) is 3.76. The molecule has 7 nitrogen and oxygen atoms in total. The molecule has 1 fully saturated rings. The highest BCUT2D eigenvalue weighted by Crippen LogP contribution is 2.21. The highest BCUT2D eigenvalue weighted by Gasteiger charge is 2.25. The lowest BCUT2D eigenvalue weighted by Gasteiger charge is -2.35. The molecular formula is C17H28N4O3. The fourth-order valence-electron chi connectivity index (χ4n) is 2.42. The number of carbonyl (C=O) groups excluding carboxylic acids is 1. The number of ether oxygens (including phenoxy) is 2. The van der Waals surface area contributed by atoms with E-state index in [1.807, 2.05) is 26.8 Å². The summed E-state index contributed by atoms with van der Waals surface area (Å²) in [4.78, 5) is 16.0. The summed E-state index contributed by atoms with van der Waals surface area (Å²) in [6, 6.07) is 5.28. The quantitative estimate of drug-likeness (QED) is 0.814. The average Bonchev–Trinajstić information content (AvgIpc) is 2.50. The third kappa shape index (κ3) is 5.49. The van der Waals surface area contributed by atoms with E-state index in [2.05, 4.69) is 4.90 Å². The van der Waals surface area contributed by atoms with Crippen LogP contribution in [-0.2, 0) is 4.74 Å². The first kappa shape index (κ1) is 18.2. The van der Waals surface area contributed by atoms with E-state index >= 15 is 0 Å². The average molecular weight is 336 g/mol. The Balaban J connectivity index is 1.69. The van der Waals surface area contributed by atoms with Crippen LogP contribution < -0.4 is 16.2 Å². The number of hydrogen-bond acceptors (Lipinski definition) is 6. The van der Waals surface area contributed by atoms with Crippen LogP contribution in [0.5, 0.6) is 5.75 Å². The predicted octanol–water partition coefficient (Wildman–Crippen LogP) is 1.78. The molecule has 1 aromatic rings. The predicted molar refractivity (Wildman–Crippen MR) is 95.0 cm³/mol. The van der Waals surface area contributed by atoms with E-state index in [4.69, 9.17) is 20.9 Å². The summed E-state index contributed by atoms with van der Waals surface area (Å²) in [5, 5.41) is 0. The second-order valence-corrected chi connectivity index (χ2v) is 6.95. The third-order valence-corrected chi connectivity index (χ3v) is 3.76. The van der Waals surface area contributed by atoms with Gasteiger partial charge in [0.25, 0.3) is 0 Å². The van der Waals surface area contributed by atoms with Gasteiger partial charge in [-0.3, -0.25) is 4.90 Å². The van der Waals surface area contributed by atoms with Crippen molar-refractivity contribution < 1.29 is 14.3 Å². The van der Waals surface area contributed by atoms with Crippen molar-refractivity contribution in [3.8, 4) is 5.75 Å². The zero-order chi connectivity index (χ0) is 17.7. The maximum absolute atomic E-state index is 12.0. The van der Waals surface area contributed by atoms with Crippen molar-refractivity contribution in [2.75, 3.05) is 50.8 Å². The molecule has 1 aromatic carbocycles. The van der Waals surface area contributed by atoms with Crippen LogP contribution in [0.3, 0.4) is 0 Å². The summed E-state index contributed by atoms with van der Waals surface area (Å²) in [6.45, 7) is 9.96. The first-order valence-electron chi connectivity index (χ1n) is 8.23. The van der Waals surface area contributed by atoms with E-state index in [0.717, 1.165) is 19.6 Å². The van der Waals surface area contributed by atoms with E-state index in [9.17, 15) is 4.79 Å². The van der Waals surface area contributed by atoms with Crippen molar-refractivity contribution >= 4 is 17.5 Å². The van der Waals surface area contributed by atoms with Gasteiger partial charge in [-0.05, 0) is 32.9 Å². The van der Waals surface area contributed by atoms with Crippen LogP contribution in [0.1, 0.15) is 20.8 Å². The van der Waals surface area contributed by atoms with Gasteiger partial charge in [-0.1, -0.05) is 0 Å². The van der Waals surface area contributed by atoms with Gasteiger partial charge in [0.1, 0.15) is 18.0 Å². The van der Waals surface area contributed by atoms with Crippen LogP contribution in [0.15, 0.2) is 18.2 Å². The normalized spacial score (nSPS) is 16.0. The van der Waals surface area contributed by atoms with Crippen molar-refractivity contribution in [2.45, 2.75) is 26.4 Å². The number of nitrogen functional groups attached to an aromatic ring is 2. The molecular weight excluding hydrogens is 308 g/mol. The molecule has 7 heteroatoms. The highest BCUT2D eigenvalue weighted by molar-refractivity contribution is 5.68. The minimum atomic E-state index is -0.455. The second kappa shape index (κ2) is 7.61. The monoisotopic (exact) mass is 336 g/mol. The Morgan fingerprint density at radius 2 is 1.79 bits per heavy atom. The fraction of sp³-hybridized carbons (Fsp3) is 0.588. The van der Waals surface area contributed by atoms with Gasteiger partial charge >= 0.3 is 6.09 Å². The van der Waals surface area contributed by atoms with E-state index in [1.165, 1.54) is 0 Å². The molecule has 0 atom stereocenters. The summed E-state index contributed by atoms with van der Waals surface area (Å²) in [5.74, 6) is 0.717. The number of anilines is 2. The lowest BCUT2D eigenvalue weighted by Crippen LogP contribution is -2.50. The molecule has 134 valence electrons. The molecule has 1 aliphatic rings. The molecule has 0 aliphatic carbocycles. The van der Waals surface area contributed by atoms with Gasteiger partial charge in [-0.2, -0.15) is 0 Å². The lowest BCUT2D eigenvalue weighted by molar-refractivity contribution is 0.0137. The number of benzene rings is 1. The molecule has 24 heavy (non-hydrogen) atoms. The second-order valence-electron chi connectivity index (χ2n) is 6.95. The molecule has 0 unspecified atom stereocenters. The van der Waals surface area contributed by atoms with Crippen molar-refractivity contribution in [3.05, 3.63) is 18.2 Å². The minimum Gasteiger partial charge on any atom is -0.492 e. The maximum Gasteiger partial charge on any atom is 0.410 e. The summed E-state index contributed by atoms with van der Waals surface area (Å²) in [6.07, 6.45) is -0.240. The maximum atomic E-state index is 12.0. The van der Waals surface area contributed by atoms with Gasteiger partial charge in [-0.25, -0.2) is 4.79 Å². The Morgan fingerprint density at radius 1 is 1.12 bits per heavy atom. The van der Waals surface area contributed by atoms with Gasteiger partial charge in [0.2, 0.25) is 0 Å². The SMILES string of the molecule is CC(C)(C)OC(=O)N1CCN(CCOc2ccc(N)c(N)c2)CC1. The van der Waals surface area contributed by atoms with E-state index in [0.29, 0.717) is 36.8 Å². The summed E-state index contributed by atoms with van der Waals surface area (Å²) in [7, 11) is 0. The molecule has 0 radical (unpaired) electrons. The highest BCUT2D eigenvalue weighted by atomic mass is 16.6. The first-order valence-corrected chi connectivity index (χ1v) is 8.23. The molecule has 1 aliphatic heterocycles. The van der Waals surface area contributed by atoms with Crippen molar-refractivity contribution in [3.63, 3.8) is 0 Å². The van der Waals surface area contributed by atoms with Crippen LogP contribution >= 0.6 is 0 Å². The van der Waals surface area contributed by atoms with Gasteiger partial charge in [0, 0.05) is 38.8 Å². The Morgan fingerprint density at radius 3 is 2.38 bits per heavy atom. The smallest absolute Gasteiger partial charge is 0.410 e. The number of rotatable bonds is 4. The lowest BCUT2D eigenvalue weighted by atomic mass is 10.2. The van der Waals surface area contributed by atoms with E-state index in [-0.39, 0.29) is 6.09 Å². The molecule has 1 amide bonds. The van der Waals surface area contributed by atoms with Crippen molar-refractivity contribution in [1.82, 2.24) is 9.80 Å². The van der Waals surface area contributed by atoms with Gasteiger partial charge in [-0.15, -0.1) is 0 Å². The van der Waals surface area contributed by atoms with Crippen LogP contribution in [0, 0.1) is 0 Å². The minimum absolute atomic E-state index is 0.240. The molecule has 4 N–H and O–H groups in total. The Labute approximate surface area is 143 Å². The van der Waals surface area contributed by atoms with Crippen molar-refractivity contribution in [2.24, 2.45) is 0 Å². The molecule has 1 saturated heterocycles. The Kier molecular flexibility index (Phi) is 5.77. The van der Waals surface area contributed by atoms with Crippen LogP contribution in [0.4, 0.5) is 16.2 Å². The Hall–Kier alpha value is -2.15. The summed E-state index contributed by atoms with van der Waals surface area (Å²) < 4.78 is 11.1.